The number of aromatic nitrogens is 1. The highest BCUT2D eigenvalue weighted by Crippen LogP contribution is 2.42. The van der Waals surface area contributed by atoms with E-state index in [1.807, 2.05) is 13.8 Å². The Bertz CT molecular complexity index is 990. The molecule has 1 aliphatic rings. The summed E-state index contributed by atoms with van der Waals surface area (Å²) in [7, 11) is -4.03. The van der Waals surface area contributed by atoms with Crippen LogP contribution in [0.3, 0.4) is 0 Å². The lowest BCUT2D eigenvalue weighted by Crippen LogP contribution is -2.42. The third kappa shape index (κ3) is 4.62. The van der Waals surface area contributed by atoms with E-state index in [2.05, 4.69) is 4.98 Å². The van der Waals surface area contributed by atoms with Crippen molar-refractivity contribution in [3.05, 3.63) is 53.7 Å². The molecule has 1 fully saturated rings. The number of rotatable bonds is 5. The molecule has 2 unspecified atom stereocenters. The first-order valence-corrected chi connectivity index (χ1v) is 11.1. The number of hydrogen-bond donors (Lipinski definition) is 0. The number of nitrogens with zero attached hydrogens (tertiary/aromatic N) is 1. The lowest BCUT2D eigenvalue weighted by molar-refractivity contribution is -0.137. The topological polar surface area (TPSA) is 65.5 Å². The van der Waals surface area contributed by atoms with Crippen LogP contribution < -0.4 is 4.74 Å². The van der Waals surface area contributed by atoms with Gasteiger partial charge < -0.3 is 9.47 Å². The average Bonchev–Trinajstić information content (AvgIpc) is 2.67. The van der Waals surface area contributed by atoms with Crippen LogP contribution >= 0.6 is 0 Å². The van der Waals surface area contributed by atoms with Crippen LogP contribution in [0, 0.1) is 0 Å². The zero-order chi connectivity index (χ0) is 22.2. The fraction of sp³-hybridized carbons (Fsp3) is 0.476. The summed E-state index contributed by atoms with van der Waals surface area (Å²) >= 11 is 0. The van der Waals surface area contributed by atoms with Crippen LogP contribution in [0.1, 0.15) is 50.8 Å². The summed E-state index contributed by atoms with van der Waals surface area (Å²) in [5, 5.41) is 0. The summed E-state index contributed by atoms with van der Waals surface area (Å²) in [4.78, 5) is 3.89. The van der Waals surface area contributed by atoms with Crippen LogP contribution in [0.15, 0.2) is 47.5 Å². The predicted molar refractivity (Wildman–Crippen MR) is 105 cm³/mol. The van der Waals surface area contributed by atoms with Gasteiger partial charge in [-0.1, -0.05) is 6.07 Å². The van der Waals surface area contributed by atoms with E-state index in [1.165, 1.54) is 6.07 Å². The fourth-order valence-corrected chi connectivity index (χ4v) is 5.28. The summed E-state index contributed by atoms with van der Waals surface area (Å²) in [6, 6.07) is 7.34. The van der Waals surface area contributed by atoms with Crippen molar-refractivity contribution in [3.63, 3.8) is 0 Å². The number of sulfone groups is 1. The Balaban J connectivity index is 1.87. The molecular weight excluding hydrogens is 419 g/mol. The van der Waals surface area contributed by atoms with Gasteiger partial charge in [0.1, 0.15) is 0 Å². The molecule has 5 nitrogen and oxygen atoms in total. The van der Waals surface area contributed by atoms with Crippen LogP contribution in [0.5, 0.6) is 5.88 Å². The number of hydrogen-bond acceptors (Lipinski definition) is 5. The van der Waals surface area contributed by atoms with Gasteiger partial charge in [0.05, 0.1) is 27.4 Å². The van der Waals surface area contributed by atoms with E-state index < -0.39 is 32.4 Å². The molecule has 9 heteroatoms. The average molecular weight is 443 g/mol. The van der Waals surface area contributed by atoms with Crippen LogP contribution in [0.4, 0.5) is 13.2 Å². The minimum absolute atomic E-state index is 0.0322. The molecule has 0 amide bonds. The molecule has 0 radical (unpaired) electrons. The van der Waals surface area contributed by atoms with Gasteiger partial charge in [-0.15, -0.1) is 0 Å². The predicted octanol–water partition coefficient (Wildman–Crippen LogP) is 4.97. The summed E-state index contributed by atoms with van der Waals surface area (Å²) in [5.41, 5.74) is -0.294. The number of alkyl halides is 3. The molecule has 1 saturated heterocycles. The van der Waals surface area contributed by atoms with Gasteiger partial charge in [0.25, 0.3) is 0 Å². The molecule has 0 spiro atoms. The van der Waals surface area contributed by atoms with E-state index in [1.54, 1.807) is 25.3 Å². The fourth-order valence-electron chi connectivity index (χ4n) is 3.45. The Labute approximate surface area is 174 Å². The van der Waals surface area contributed by atoms with Crippen molar-refractivity contribution in [2.75, 3.05) is 6.61 Å². The first-order chi connectivity index (χ1) is 13.9. The highest BCUT2D eigenvalue weighted by Gasteiger charge is 2.45. The molecule has 1 aromatic heterocycles. The van der Waals surface area contributed by atoms with Crippen molar-refractivity contribution in [1.29, 1.82) is 0 Å². The molecular formula is C21H24F3NO4S. The first kappa shape index (κ1) is 22.6. The highest BCUT2D eigenvalue weighted by molar-refractivity contribution is 7.92. The van der Waals surface area contributed by atoms with Crippen LogP contribution in [0.2, 0.25) is 0 Å². The number of benzene rings is 1. The molecule has 3 rings (SSSR count). The number of halogens is 3. The van der Waals surface area contributed by atoms with Gasteiger partial charge in [0.2, 0.25) is 5.88 Å². The molecule has 0 bridgehead atoms. The van der Waals surface area contributed by atoms with Crippen LogP contribution in [-0.4, -0.2) is 30.9 Å². The van der Waals surface area contributed by atoms with Crippen LogP contribution in [0.25, 0.3) is 0 Å². The van der Waals surface area contributed by atoms with E-state index in [4.69, 9.17) is 9.47 Å². The van der Waals surface area contributed by atoms with E-state index in [-0.39, 0.29) is 30.4 Å². The standard InChI is InChI=1S/C21H24F3NO4S/c1-14(2)29-19-8-7-15(13-25-19)18-12-20(3,9-10-28-18)30(26,27)17-6-4-5-16(11-17)21(22,23)24/h4-8,11,13-14,18H,9-10,12H2,1-3H3. The number of pyridine rings is 1. The second kappa shape index (κ2) is 8.19. The first-order valence-electron chi connectivity index (χ1n) is 9.58. The second-order valence-corrected chi connectivity index (χ2v) is 10.4. The minimum atomic E-state index is -4.61. The quantitative estimate of drug-likeness (QED) is 0.653. The molecule has 2 aromatic rings. The molecule has 2 heterocycles. The Morgan fingerprint density at radius 1 is 1.23 bits per heavy atom. The third-order valence-corrected chi connectivity index (χ3v) is 7.72. The van der Waals surface area contributed by atoms with E-state index in [9.17, 15) is 21.6 Å². The molecule has 30 heavy (non-hydrogen) atoms. The van der Waals surface area contributed by atoms with Gasteiger partial charge >= 0.3 is 6.18 Å². The van der Waals surface area contributed by atoms with Crippen molar-refractivity contribution in [1.82, 2.24) is 4.98 Å². The summed E-state index contributed by atoms with van der Waals surface area (Å²) in [6.45, 7) is 5.49. The van der Waals surface area contributed by atoms with E-state index in [0.717, 1.165) is 12.1 Å². The summed E-state index contributed by atoms with van der Waals surface area (Å²) in [6.07, 6.45) is -3.32. The smallest absolute Gasteiger partial charge is 0.416 e. The molecule has 0 N–H and O–H groups in total. The van der Waals surface area contributed by atoms with Gasteiger partial charge in [0, 0.05) is 18.9 Å². The molecule has 1 aliphatic heterocycles. The minimum Gasteiger partial charge on any atom is -0.475 e. The van der Waals surface area contributed by atoms with E-state index >= 15 is 0 Å². The molecule has 164 valence electrons. The Kier molecular flexibility index (Phi) is 6.15. The van der Waals surface area contributed by atoms with Gasteiger partial charge in [0.15, 0.2) is 9.84 Å². The van der Waals surface area contributed by atoms with Gasteiger partial charge in [-0.3, -0.25) is 0 Å². The maximum Gasteiger partial charge on any atom is 0.416 e. The Morgan fingerprint density at radius 3 is 2.57 bits per heavy atom. The van der Waals surface area contributed by atoms with Gasteiger partial charge in [-0.2, -0.15) is 13.2 Å². The van der Waals surface area contributed by atoms with Crippen molar-refractivity contribution in [2.24, 2.45) is 0 Å². The van der Waals surface area contributed by atoms with Crippen molar-refractivity contribution in [3.8, 4) is 5.88 Å². The van der Waals surface area contributed by atoms with Gasteiger partial charge in [-0.05, 0) is 63.4 Å². The largest absolute Gasteiger partial charge is 0.475 e. The lowest BCUT2D eigenvalue weighted by atomic mass is 9.93. The van der Waals surface area contributed by atoms with Crippen molar-refractivity contribution >= 4 is 9.84 Å². The van der Waals surface area contributed by atoms with Crippen molar-refractivity contribution in [2.45, 2.75) is 61.6 Å². The maximum absolute atomic E-state index is 13.3. The second-order valence-electron chi connectivity index (χ2n) is 7.89. The lowest BCUT2D eigenvalue weighted by Gasteiger charge is -2.37. The van der Waals surface area contributed by atoms with E-state index in [0.29, 0.717) is 17.5 Å². The van der Waals surface area contributed by atoms with Gasteiger partial charge in [-0.25, -0.2) is 13.4 Å². The zero-order valence-electron chi connectivity index (χ0n) is 16.9. The normalized spacial score (nSPS) is 22.8. The monoisotopic (exact) mass is 443 g/mol. The van der Waals surface area contributed by atoms with Crippen molar-refractivity contribution < 1.29 is 31.1 Å². The number of ether oxygens (including phenoxy) is 2. The summed E-state index contributed by atoms with van der Waals surface area (Å²) < 4.78 is 75.7. The third-order valence-electron chi connectivity index (χ3n) is 5.18. The zero-order valence-corrected chi connectivity index (χ0v) is 17.8. The molecule has 2 atom stereocenters. The molecule has 0 aliphatic carbocycles. The highest BCUT2D eigenvalue weighted by atomic mass is 32.2. The Morgan fingerprint density at radius 2 is 1.97 bits per heavy atom. The molecule has 0 saturated carbocycles. The maximum atomic E-state index is 13.3. The summed E-state index contributed by atoms with van der Waals surface area (Å²) in [5.74, 6) is 0.448. The SMILES string of the molecule is CC(C)Oc1ccc(C2CC(C)(S(=O)(=O)c3cccc(C(F)(F)F)c3)CCO2)cn1. The Hall–Kier alpha value is -2.13. The molecule has 1 aromatic carbocycles. The van der Waals surface area contributed by atoms with Crippen LogP contribution in [-0.2, 0) is 20.8 Å².